The Labute approximate surface area is 76.3 Å². The summed E-state index contributed by atoms with van der Waals surface area (Å²) in [7, 11) is 4.24. The van der Waals surface area contributed by atoms with Crippen LogP contribution in [-0.2, 0) is 0 Å². The van der Waals surface area contributed by atoms with Crippen molar-refractivity contribution in [2.24, 2.45) is 5.73 Å². The van der Waals surface area contributed by atoms with Crippen LogP contribution in [0.15, 0.2) is 0 Å². The lowest BCUT2D eigenvalue weighted by atomic mass is 10.2. The average Bonchev–Trinajstić information content (AvgIpc) is 2.02. The molecular weight excluding hydrogens is 150 g/mol. The van der Waals surface area contributed by atoms with Gasteiger partial charge >= 0.3 is 0 Å². The minimum absolute atomic E-state index is 0.748. The maximum atomic E-state index is 5.34. The third kappa shape index (κ3) is 9.88. The number of nitrogens with one attached hydrogen (secondary N) is 1. The highest BCUT2D eigenvalue weighted by Gasteiger charge is 1.90. The van der Waals surface area contributed by atoms with Gasteiger partial charge in [-0.2, -0.15) is 0 Å². The molecule has 0 saturated carbocycles. The van der Waals surface area contributed by atoms with Gasteiger partial charge in [-0.25, -0.2) is 0 Å². The molecule has 74 valence electrons. The van der Waals surface area contributed by atoms with Crippen LogP contribution in [0.4, 0.5) is 0 Å². The van der Waals surface area contributed by atoms with Crippen LogP contribution in [0.3, 0.4) is 0 Å². The molecule has 0 unspecified atom stereocenters. The first-order chi connectivity index (χ1) is 5.77. The first kappa shape index (κ1) is 11.9. The molecule has 0 saturated heterocycles. The van der Waals surface area contributed by atoms with Crippen molar-refractivity contribution in [3.63, 3.8) is 0 Å². The second-order valence-corrected chi connectivity index (χ2v) is 3.40. The molecule has 0 amide bonds. The zero-order valence-electron chi connectivity index (χ0n) is 8.47. The third-order valence-corrected chi connectivity index (χ3v) is 1.78. The standard InChI is InChI=1S/C9H23N3/c1-12(2)9-5-3-4-7-11-8-6-10/h11H,3-10H2,1-2H3. The summed E-state index contributed by atoms with van der Waals surface area (Å²) in [5.74, 6) is 0. The third-order valence-electron chi connectivity index (χ3n) is 1.78. The quantitative estimate of drug-likeness (QED) is 0.518. The van der Waals surface area contributed by atoms with E-state index in [0.717, 1.165) is 19.6 Å². The van der Waals surface area contributed by atoms with E-state index in [0.29, 0.717) is 0 Å². The summed E-state index contributed by atoms with van der Waals surface area (Å²) in [6.07, 6.45) is 3.89. The van der Waals surface area contributed by atoms with E-state index < -0.39 is 0 Å². The molecule has 0 rings (SSSR count). The van der Waals surface area contributed by atoms with Crippen molar-refractivity contribution in [2.45, 2.75) is 19.3 Å². The molecule has 0 bridgehead atoms. The number of nitrogens with two attached hydrogens (primary N) is 1. The van der Waals surface area contributed by atoms with Crippen molar-refractivity contribution in [2.75, 3.05) is 40.3 Å². The van der Waals surface area contributed by atoms with Gasteiger partial charge in [0, 0.05) is 13.1 Å². The molecule has 0 fully saturated rings. The summed E-state index contributed by atoms with van der Waals surface area (Å²) in [5, 5.41) is 3.28. The van der Waals surface area contributed by atoms with Crippen LogP contribution < -0.4 is 11.1 Å². The number of hydrogen-bond acceptors (Lipinski definition) is 3. The van der Waals surface area contributed by atoms with Crippen LogP contribution in [0.5, 0.6) is 0 Å². The molecular formula is C9H23N3. The van der Waals surface area contributed by atoms with E-state index in [1.54, 1.807) is 0 Å². The molecule has 12 heavy (non-hydrogen) atoms. The van der Waals surface area contributed by atoms with Gasteiger partial charge in [0.15, 0.2) is 0 Å². The number of rotatable bonds is 8. The fraction of sp³-hybridized carbons (Fsp3) is 1.00. The Kier molecular flexibility index (Phi) is 8.88. The SMILES string of the molecule is CN(C)CCCCCNCCN. The van der Waals surface area contributed by atoms with E-state index in [-0.39, 0.29) is 0 Å². The Morgan fingerprint density at radius 3 is 2.42 bits per heavy atom. The van der Waals surface area contributed by atoms with Crippen molar-refractivity contribution in [3.05, 3.63) is 0 Å². The molecule has 0 aliphatic heterocycles. The minimum Gasteiger partial charge on any atom is -0.329 e. The first-order valence-electron chi connectivity index (χ1n) is 4.83. The van der Waals surface area contributed by atoms with Gasteiger partial charge in [-0.3, -0.25) is 0 Å². The molecule has 0 aromatic rings. The second kappa shape index (κ2) is 8.97. The van der Waals surface area contributed by atoms with Crippen molar-refractivity contribution in [3.8, 4) is 0 Å². The van der Waals surface area contributed by atoms with Gasteiger partial charge in [0.25, 0.3) is 0 Å². The Morgan fingerprint density at radius 2 is 1.83 bits per heavy atom. The minimum atomic E-state index is 0.748. The summed E-state index contributed by atoms with van der Waals surface area (Å²) >= 11 is 0. The van der Waals surface area contributed by atoms with E-state index in [4.69, 9.17) is 5.73 Å². The number of nitrogens with zero attached hydrogens (tertiary/aromatic N) is 1. The molecule has 0 aliphatic rings. The van der Waals surface area contributed by atoms with Gasteiger partial charge in [-0.15, -0.1) is 0 Å². The van der Waals surface area contributed by atoms with Crippen LogP contribution in [0.2, 0.25) is 0 Å². The fourth-order valence-corrected chi connectivity index (χ4v) is 1.08. The lowest BCUT2D eigenvalue weighted by Crippen LogP contribution is -2.23. The lowest BCUT2D eigenvalue weighted by molar-refractivity contribution is 0.390. The monoisotopic (exact) mass is 173 g/mol. The van der Waals surface area contributed by atoms with Crippen molar-refractivity contribution in [1.82, 2.24) is 10.2 Å². The summed E-state index contributed by atoms with van der Waals surface area (Å²) in [6.45, 7) is 4.02. The Bertz CT molecular complexity index is 83.8. The smallest absolute Gasteiger partial charge is 0.00745 e. The Morgan fingerprint density at radius 1 is 1.08 bits per heavy atom. The molecule has 3 nitrogen and oxygen atoms in total. The normalized spacial score (nSPS) is 11.0. The number of unbranched alkanes of at least 4 members (excludes halogenated alkanes) is 2. The average molecular weight is 173 g/mol. The van der Waals surface area contributed by atoms with Gasteiger partial charge < -0.3 is 16.0 Å². The zero-order chi connectivity index (χ0) is 9.23. The maximum Gasteiger partial charge on any atom is 0.00745 e. The van der Waals surface area contributed by atoms with Crippen LogP contribution in [0, 0.1) is 0 Å². The summed E-state index contributed by atoms with van der Waals surface area (Å²) < 4.78 is 0. The topological polar surface area (TPSA) is 41.3 Å². The van der Waals surface area contributed by atoms with Crippen molar-refractivity contribution < 1.29 is 0 Å². The van der Waals surface area contributed by atoms with Gasteiger partial charge in [0.2, 0.25) is 0 Å². The summed E-state index contributed by atoms with van der Waals surface area (Å²) in [6, 6.07) is 0. The van der Waals surface area contributed by atoms with E-state index in [9.17, 15) is 0 Å². The predicted octanol–water partition coefficient (Wildman–Crippen LogP) is 0.267. The molecule has 0 spiro atoms. The maximum absolute atomic E-state index is 5.34. The second-order valence-electron chi connectivity index (χ2n) is 3.40. The zero-order valence-corrected chi connectivity index (χ0v) is 8.47. The number of hydrogen-bond donors (Lipinski definition) is 2. The fourth-order valence-electron chi connectivity index (χ4n) is 1.08. The van der Waals surface area contributed by atoms with Crippen LogP contribution in [0.1, 0.15) is 19.3 Å². The van der Waals surface area contributed by atoms with Gasteiger partial charge in [0.05, 0.1) is 0 Å². The van der Waals surface area contributed by atoms with Crippen molar-refractivity contribution in [1.29, 1.82) is 0 Å². The van der Waals surface area contributed by atoms with Crippen LogP contribution >= 0.6 is 0 Å². The predicted molar refractivity (Wildman–Crippen MR) is 54.3 cm³/mol. The molecule has 0 radical (unpaired) electrons. The Hall–Kier alpha value is -0.120. The van der Waals surface area contributed by atoms with Gasteiger partial charge in [-0.05, 0) is 40.0 Å². The molecule has 0 aromatic carbocycles. The van der Waals surface area contributed by atoms with Crippen LogP contribution in [0.25, 0.3) is 0 Å². The molecule has 3 heteroatoms. The van der Waals surface area contributed by atoms with Crippen molar-refractivity contribution >= 4 is 0 Å². The molecule has 0 heterocycles. The Balaban J connectivity index is 2.82. The summed E-state index contributed by atoms with van der Waals surface area (Å²) in [5.41, 5.74) is 5.34. The lowest BCUT2D eigenvalue weighted by Gasteiger charge is -2.08. The van der Waals surface area contributed by atoms with E-state index >= 15 is 0 Å². The molecule has 0 aromatic heterocycles. The summed E-state index contributed by atoms with van der Waals surface area (Å²) in [4.78, 5) is 2.23. The van der Waals surface area contributed by atoms with Crippen LogP contribution in [-0.4, -0.2) is 45.2 Å². The highest BCUT2D eigenvalue weighted by Crippen LogP contribution is 1.94. The largest absolute Gasteiger partial charge is 0.329 e. The highest BCUT2D eigenvalue weighted by atomic mass is 15.0. The molecule has 0 aliphatic carbocycles. The first-order valence-corrected chi connectivity index (χ1v) is 4.83. The molecule has 0 atom stereocenters. The van der Waals surface area contributed by atoms with Gasteiger partial charge in [-0.1, -0.05) is 6.42 Å². The van der Waals surface area contributed by atoms with E-state index in [1.165, 1.54) is 25.8 Å². The highest BCUT2D eigenvalue weighted by molar-refractivity contribution is 4.50. The van der Waals surface area contributed by atoms with Gasteiger partial charge in [0.1, 0.15) is 0 Å². The van der Waals surface area contributed by atoms with E-state index in [2.05, 4.69) is 24.3 Å². The van der Waals surface area contributed by atoms with E-state index in [1.807, 2.05) is 0 Å². The molecule has 3 N–H and O–H groups in total.